The lowest BCUT2D eigenvalue weighted by molar-refractivity contribution is 0.102. The van der Waals surface area contributed by atoms with Gasteiger partial charge >= 0.3 is 5.69 Å². The molecule has 2 saturated carbocycles. The van der Waals surface area contributed by atoms with Gasteiger partial charge in [-0.05, 0) is 62.6 Å². The molecular formula is C27H32N4O5. The van der Waals surface area contributed by atoms with Gasteiger partial charge in [0.2, 0.25) is 0 Å². The van der Waals surface area contributed by atoms with E-state index in [9.17, 15) is 14.4 Å². The van der Waals surface area contributed by atoms with Crippen molar-refractivity contribution in [2.45, 2.75) is 70.9 Å². The van der Waals surface area contributed by atoms with Crippen molar-refractivity contribution in [2.24, 2.45) is 5.92 Å². The Balaban J connectivity index is 1.55. The number of benzene rings is 1. The van der Waals surface area contributed by atoms with Gasteiger partial charge in [0, 0.05) is 29.9 Å². The van der Waals surface area contributed by atoms with Crippen LogP contribution in [0.5, 0.6) is 11.5 Å². The van der Waals surface area contributed by atoms with E-state index >= 15 is 0 Å². The number of nitrogens with one attached hydrogen (secondary N) is 2. The largest absolute Gasteiger partial charge is 0.493 e. The Hall–Kier alpha value is -3.62. The molecule has 3 aromatic rings. The van der Waals surface area contributed by atoms with E-state index in [-0.39, 0.29) is 34.5 Å². The number of methoxy groups -OCH3 is 1. The number of aromatic nitrogens is 3. The minimum atomic E-state index is -0.616. The lowest BCUT2D eigenvalue weighted by Gasteiger charge is -2.17. The van der Waals surface area contributed by atoms with Crippen LogP contribution < -0.4 is 26.0 Å². The molecule has 2 aliphatic rings. The van der Waals surface area contributed by atoms with Gasteiger partial charge in [0.15, 0.2) is 17.1 Å². The first-order valence-corrected chi connectivity index (χ1v) is 12.7. The fourth-order valence-electron chi connectivity index (χ4n) is 4.83. The number of carbonyl (C=O) groups is 1. The molecule has 0 bridgehead atoms. The van der Waals surface area contributed by atoms with Crippen LogP contribution in [0, 0.1) is 5.92 Å². The third-order valence-electron chi connectivity index (χ3n) is 6.77. The number of nitrogens with zero attached hydrogens (tertiary/aromatic N) is 2. The van der Waals surface area contributed by atoms with Gasteiger partial charge in [0.05, 0.1) is 24.2 Å². The van der Waals surface area contributed by atoms with Crippen LogP contribution in [0.3, 0.4) is 0 Å². The van der Waals surface area contributed by atoms with Crippen LogP contribution in [-0.4, -0.2) is 33.7 Å². The summed E-state index contributed by atoms with van der Waals surface area (Å²) in [6, 6.07) is 6.93. The van der Waals surface area contributed by atoms with Crippen LogP contribution in [-0.2, 0) is 6.54 Å². The van der Waals surface area contributed by atoms with Gasteiger partial charge in [-0.1, -0.05) is 13.8 Å². The van der Waals surface area contributed by atoms with E-state index in [1.165, 1.54) is 4.57 Å². The predicted octanol–water partition coefficient (Wildman–Crippen LogP) is 4.20. The van der Waals surface area contributed by atoms with E-state index in [0.29, 0.717) is 23.7 Å². The van der Waals surface area contributed by atoms with Gasteiger partial charge in [0.1, 0.15) is 0 Å². The van der Waals surface area contributed by atoms with Crippen molar-refractivity contribution in [1.82, 2.24) is 14.5 Å². The maximum absolute atomic E-state index is 13.6. The molecule has 0 unspecified atom stereocenters. The van der Waals surface area contributed by atoms with Crippen LogP contribution in [0.25, 0.3) is 11.0 Å². The Bertz CT molecular complexity index is 1410. The minimum absolute atomic E-state index is 0.119. The highest BCUT2D eigenvalue weighted by Crippen LogP contribution is 2.40. The number of aromatic amines is 1. The molecule has 9 nitrogen and oxygen atoms in total. The number of ether oxygens (including phenoxy) is 2. The van der Waals surface area contributed by atoms with Gasteiger partial charge in [-0.25, -0.2) is 9.78 Å². The lowest BCUT2D eigenvalue weighted by atomic mass is 10.1. The van der Waals surface area contributed by atoms with Crippen molar-refractivity contribution in [2.75, 3.05) is 12.4 Å². The van der Waals surface area contributed by atoms with Crippen molar-refractivity contribution >= 4 is 22.6 Å². The van der Waals surface area contributed by atoms with Crippen molar-refractivity contribution in [1.29, 1.82) is 0 Å². The average Bonchev–Trinajstić information content (AvgIpc) is 3.57. The molecule has 5 rings (SSSR count). The highest BCUT2D eigenvalue weighted by atomic mass is 16.5. The van der Waals surface area contributed by atoms with Crippen LogP contribution in [0.1, 0.15) is 74.3 Å². The van der Waals surface area contributed by atoms with Crippen molar-refractivity contribution < 1.29 is 14.3 Å². The third-order valence-corrected chi connectivity index (χ3v) is 6.77. The summed E-state index contributed by atoms with van der Waals surface area (Å²) in [6.45, 7) is 4.35. The van der Waals surface area contributed by atoms with Crippen LogP contribution >= 0.6 is 0 Å². The van der Waals surface area contributed by atoms with Crippen molar-refractivity contribution in [3.05, 3.63) is 56.4 Å². The molecule has 0 atom stereocenters. The Labute approximate surface area is 208 Å². The molecule has 9 heteroatoms. The number of hydrogen-bond acceptors (Lipinski definition) is 6. The monoisotopic (exact) mass is 492 g/mol. The van der Waals surface area contributed by atoms with Crippen LogP contribution in [0.4, 0.5) is 5.69 Å². The molecule has 190 valence electrons. The smallest absolute Gasteiger partial charge is 0.330 e. The standard InChI is InChI=1S/C27H32N4O5/c1-15(2)14-31-24-23(26(33)30-27(31)34)19(13-20(29-24)16-8-9-16)25(32)28-17-10-11-21(35-3)22(12-17)36-18-6-4-5-7-18/h10-13,15-16,18H,4-9,14H2,1-3H3,(H,28,32)(H,30,33,34). The zero-order valence-electron chi connectivity index (χ0n) is 20.9. The second-order valence-corrected chi connectivity index (χ2v) is 10.2. The van der Waals surface area contributed by atoms with Crippen LogP contribution in [0.2, 0.25) is 0 Å². The number of carbonyl (C=O) groups excluding carboxylic acids is 1. The molecule has 2 aliphatic carbocycles. The van der Waals surface area contributed by atoms with Crippen molar-refractivity contribution in [3.63, 3.8) is 0 Å². The summed E-state index contributed by atoms with van der Waals surface area (Å²) >= 11 is 0. The number of pyridine rings is 1. The normalized spacial score (nSPS) is 16.0. The molecule has 0 radical (unpaired) electrons. The third kappa shape index (κ3) is 4.87. The van der Waals surface area contributed by atoms with Crippen molar-refractivity contribution in [3.8, 4) is 11.5 Å². The van der Waals surface area contributed by atoms with E-state index < -0.39 is 17.2 Å². The molecule has 1 aromatic carbocycles. The summed E-state index contributed by atoms with van der Waals surface area (Å²) in [5.74, 6) is 1.11. The first kappa shape index (κ1) is 24.1. The average molecular weight is 493 g/mol. The molecular weight excluding hydrogens is 460 g/mol. The van der Waals surface area contributed by atoms with Crippen LogP contribution in [0.15, 0.2) is 33.9 Å². The molecule has 2 N–H and O–H groups in total. The van der Waals surface area contributed by atoms with E-state index in [0.717, 1.165) is 44.2 Å². The Kier molecular flexibility index (Phi) is 6.55. The maximum atomic E-state index is 13.6. The summed E-state index contributed by atoms with van der Waals surface area (Å²) in [5, 5.41) is 3.03. The minimum Gasteiger partial charge on any atom is -0.493 e. The molecule has 36 heavy (non-hydrogen) atoms. The molecule has 0 spiro atoms. The second kappa shape index (κ2) is 9.79. The Morgan fingerprint density at radius 2 is 1.89 bits per heavy atom. The molecule has 2 aromatic heterocycles. The highest BCUT2D eigenvalue weighted by Gasteiger charge is 2.29. The zero-order chi connectivity index (χ0) is 25.4. The summed E-state index contributed by atoms with van der Waals surface area (Å²) in [4.78, 5) is 46.2. The number of rotatable bonds is 8. The van der Waals surface area contributed by atoms with E-state index in [4.69, 9.17) is 9.47 Å². The summed E-state index contributed by atoms with van der Waals surface area (Å²) in [5.41, 5.74) is 0.586. The number of hydrogen-bond donors (Lipinski definition) is 2. The Morgan fingerprint density at radius 3 is 2.56 bits per heavy atom. The molecule has 0 saturated heterocycles. The van der Waals surface area contributed by atoms with Gasteiger partial charge in [-0.2, -0.15) is 0 Å². The Morgan fingerprint density at radius 1 is 1.14 bits per heavy atom. The first-order chi connectivity index (χ1) is 17.3. The first-order valence-electron chi connectivity index (χ1n) is 12.7. The molecule has 2 heterocycles. The van der Waals surface area contributed by atoms with E-state index in [2.05, 4.69) is 15.3 Å². The molecule has 2 fully saturated rings. The van der Waals surface area contributed by atoms with Gasteiger partial charge in [-0.15, -0.1) is 0 Å². The van der Waals surface area contributed by atoms with Gasteiger partial charge in [0.25, 0.3) is 11.5 Å². The predicted molar refractivity (Wildman–Crippen MR) is 137 cm³/mol. The number of anilines is 1. The van der Waals surface area contributed by atoms with Gasteiger partial charge < -0.3 is 14.8 Å². The fourth-order valence-corrected chi connectivity index (χ4v) is 4.83. The molecule has 1 amide bonds. The van der Waals surface area contributed by atoms with E-state index in [1.807, 2.05) is 13.8 Å². The number of fused-ring (bicyclic) bond motifs is 1. The lowest BCUT2D eigenvalue weighted by Crippen LogP contribution is -2.33. The summed E-state index contributed by atoms with van der Waals surface area (Å²) in [6.07, 6.45) is 6.33. The maximum Gasteiger partial charge on any atom is 0.330 e. The SMILES string of the molecule is COc1ccc(NC(=O)c2cc(C3CC3)nc3c2c(=O)[nH]c(=O)n3CC(C)C)cc1OC1CCCC1. The zero-order valence-corrected chi connectivity index (χ0v) is 20.9. The quantitative estimate of drug-likeness (QED) is 0.487. The summed E-state index contributed by atoms with van der Waals surface area (Å²) < 4.78 is 13.1. The number of amides is 1. The highest BCUT2D eigenvalue weighted by molar-refractivity contribution is 6.12. The fraction of sp³-hybridized carbons (Fsp3) is 0.481. The topological polar surface area (TPSA) is 115 Å². The number of H-pyrrole nitrogens is 1. The molecule has 0 aliphatic heterocycles. The summed E-state index contributed by atoms with van der Waals surface area (Å²) in [7, 11) is 1.58. The van der Waals surface area contributed by atoms with E-state index in [1.54, 1.807) is 31.4 Å². The van der Waals surface area contributed by atoms with Gasteiger partial charge in [-0.3, -0.25) is 19.1 Å². The second-order valence-electron chi connectivity index (χ2n) is 10.2.